The molecule has 0 aliphatic heterocycles. The molecule has 0 spiro atoms. The number of hydrogen-bond acceptors (Lipinski definition) is 4. The highest BCUT2D eigenvalue weighted by Crippen LogP contribution is 2.43. The average molecular weight is 341 g/mol. The summed E-state index contributed by atoms with van der Waals surface area (Å²) in [5.74, 6) is 0.188. The van der Waals surface area contributed by atoms with Crippen LogP contribution in [0.2, 0.25) is 0 Å². The molecule has 25 heavy (non-hydrogen) atoms. The Kier molecular flexibility index (Phi) is 5.70. The number of rotatable bonds is 6. The number of allylic oxidation sites excluding steroid dienone is 1. The number of nitrogens with zero attached hydrogens (tertiary/aromatic N) is 1. The summed E-state index contributed by atoms with van der Waals surface area (Å²) in [7, 11) is 7.11. The van der Waals surface area contributed by atoms with Gasteiger partial charge in [-0.25, -0.2) is 4.79 Å². The molecule has 5 nitrogen and oxygen atoms in total. The maximum absolute atomic E-state index is 11.0. The number of ether oxygens (including phenoxy) is 2. The number of methoxy groups -OCH3 is 2. The lowest BCUT2D eigenvalue weighted by molar-refractivity contribution is -0.131. The van der Waals surface area contributed by atoms with E-state index in [1.807, 2.05) is 49.3 Å². The van der Waals surface area contributed by atoms with E-state index in [4.69, 9.17) is 14.6 Å². The number of anilines is 1. The van der Waals surface area contributed by atoms with Gasteiger partial charge in [0.1, 0.15) is 0 Å². The summed E-state index contributed by atoms with van der Waals surface area (Å²) >= 11 is 0. The summed E-state index contributed by atoms with van der Waals surface area (Å²) in [6.45, 7) is 1.76. The molecule has 5 heteroatoms. The van der Waals surface area contributed by atoms with Crippen molar-refractivity contribution in [2.24, 2.45) is 0 Å². The van der Waals surface area contributed by atoms with Crippen LogP contribution in [0.15, 0.2) is 42.5 Å². The smallest absolute Gasteiger partial charge is 0.328 e. The summed E-state index contributed by atoms with van der Waals surface area (Å²) in [6, 6.07) is 11.7. The first kappa shape index (κ1) is 18.4. The molecule has 0 aromatic heterocycles. The van der Waals surface area contributed by atoms with Gasteiger partial charge in [-0.1, -0.05) is 18.2 Å². The van der Waals surface area contributed by atoms with Gasteiger partial charge >= 0.3 is 5.97 Å². The Hall–Kier alpha value is -2.95. The SMILES string of the molecule is COc1cc(/C(C)=C/C(=O)O)cc(-c2ccccc2N(C)C)c1OC. The van der Waals surface area contributed by atoms with Crippen molar-refractivity contribution in [2.75, 3.05) is 33.2 Å². The van der Waals surface area contributed by atoms with Gasteiger partial charge in [0.15, 0.2) is 11.5 Å². The minimum absolute atomic E-state index is 0.557. The predicted octanol–water partition coefficient (Wildman–Crippen LogP) is 3.92. The highest BCUT2D eigenvalue weighted by Gasteiger charge is 2.18. The molecule has 132 valence electrons. The van der Waals surface area contributed by atoms with Crippen molar-refractivity contribution in [3.8, 4) is 22.6 Å². The van der Waals surface area contributed by atoms with Gasteiger partial charge in [-0.3, -0.25) is 0 Å². The van der Waals surface area contributed by atoms with Gasteiger partial charge in [0.25, 0.3) is 0 Å². The standard InChI is InChI=1S/C20H23NO4/c1-13(10-19(22)23)14-11-16(20(25-5)18(12-14)24-4)15-8-6-7-9-17(15)21(2)3/h6-12H,1-5H3,(H,22,23)/b13-10+. The fraction of sp³-hybridized carbons (Fsp3) is 0.250. The Labute approximate surface area is 148 Å². The Morgan fingerprint density at radius 1 is 1.08 bits per heavy atom. The van der Waals surface area contributed by atoms with Crippen molar-refractivity contribution >= 4 is 17.2 Å². The first-order valence-electron chi connectivity index (χ1n) is 7.83. The maximum Gasteiger partial charge on any atom is 0.328 e. The van der Waals surface area contributed by atoms with Crippen LogP contribution < -0.4 is 14.4 Å². The molecular formula is C20H23NO4. The Balaban J connectivity index is 2.78. The summed E-state index contributed by atoms with van der Waals surface area (Å²) in [5.41, 5.74) is 4.26. The van der Waals surface area contributed by atoms with Gasteiger partial charge in [-0.15, -0.1) is 0 Å². The minimum atomic E-state index is -0.984. The van der Waals surface area contributed by atoms with Crippen LogP contribution in [0, 0.1) is 0 Å². The van der Waals surface area contributed by atoms with Crippen LogP contribution in [-0.4, -0.2) is 39.4 Å². The van der Waals surface area contributed by atoms with Crippen LogP contribution in [0.25, 0.3) is 16.7 Å². The van der Waals surface area contributed by atoms with Crippen LogP contribution in [-0.2, 0) is 4.79 Å². The van der Waals surface area contributed by atoms with E-state index in [1.165, 1.54) is 6.08 Å². The second-order valence-corrected chi connectivity index (χ2v) is 5.84. The van der Waals surface area contributed by atoms with Crippen LogP contribution in [0.4, 0.5) is 5.69 Å². The molecule has 0 amide bonds. The molecular weight excluding hydrogens is 318 g/mol. The van der Waals surface area contributed by atoms with Crippen molar-refractivity contribution in [2.45, 2.75) is 6.92 Å². The number of carbonyl (C=O) groups is 1. The van der Waals surface area contributed by atoms with Crippen molar-refractivity contribution < 1.29 is 19.4 Å². The zero-order valence-corrected chi connectivity index (χ0v) is 15.2. The van der Waals surface area contributed by atoms with E-state index in [2.05, 4.69) is 0 Å². The third-order valence-corrected chi connectivity index (χ3v) is 3.95. The van der Waals surface area contributed by atoms with Gasteiger partial charge < -0.3 is 19.5 Å². The lowest BCUT2D eigenvalue weighted by atomic mass is 9.96. The quantitative estimate of drug-likeness (QED) is 0.807. The zero-order chi connectivity index (χ0) is 18.6. The molecule has 0 radical (unpaired) electrons. The normalized spacial score (nSPS) is 11.2. The first-order valence-corrected chi connectivity index (χ1v) is 7.83. The molecule has 2 aromatic carbocycles. The molecule has 0 unspecified atom stereocenters. The minimum Gasteiger partial charge on any atom is -0.493 e. The Bertz CT molecular complexity index is 809. The maximum atomic E-state index is 11.0. The summed E-state index contributed by atoms with van der Waals surface area (Å²) in [4.78, 5) is 13.0. The number of carboxylic acid groups (broad SMARTS) is 1. The van der Waals surface area contributed by atoms with Crippen molar-refractivity contribution in [3.63, 3.8) is 0 Å². The Morgan fingerprint density at radius 2 is 1.76 bits per heavy atom. The van der Waals surface area contributed by atoms with Crippen LogP contribution in [0.1, 0.15) is 12.5 Å². The van der Waals surface area contributed by atoms with Crippen LogP contribution in [0.3, 0.4) is 0 Å². The highest BCUT2D eigenvalue weighted by atomic mass is 16.5. The first-order chi connectivity index (χ1) is 11.9. The molecule has 0 fully saturated rings. The lowest BCUT2D eigenvalue weighted by Gasteiger charge is -2.21. The van der Waals surface area contributed by atoms with E-state index in [0.29, 0.717) is 17.1 Å². The molecule has 0 aliphatic rings. The molecule has 0 saturated carbocycles. The van der Waals surface area contributed by atoms with Crippen molar-refractivity contribution in [1.29, 1.82) is 0 Å². The fourth-order valence-corrected chi connectivity index (χ4v) is 2.75. The monoisotopic (exact) mass is 341 g/mol. The van der Waals surface area contributed by atoms with Crippen molar-refractivity contribution in [3.05, 3.63) is 48.0 Å². The van der Waals surface area contributed by atoms with E-state index < -0.39 is 5.97 Å². The second-order valence-electron chi connectivity index (χ2n) is 5.84. The van der Waals surface area contributed by atoms with Gasteiger partial charge in [-0.05, 0) is 36.3 Å². The van der Waals surface area contributed by atoms with Crippen LogP contribution in [0.5, 0.6) is 11.5 Å². The fourth-order valence-electron chi connectivity index (χ4n) is 2.75. The average Bonchev–Trinajstić information content (AvgIpc) is 2.59. The largest absolute Gasteiger partial charge is 0.493 e. The molecule has 0 atom stereocenters. The number of hydrogen-bond donors (Lipinski definition) is 1. The van der Waals surface area contributed by atoms with Gasteiger partial charge in [0, 0.05) is 37.0 Å². The number of aliphatic carboxylic acids is 1. The van der Waals surface area contributed by atoms with Gasteiger partial charge in [0.2, 0.25) is 0 Å². The molecule has 0 aliphatic carbocycles. The summed E-state index contributed by atoms with van der Waals surface area (Å²) < 4.78 is 11.1. The highest BCUT2D eigenvalue weighted by molar-refractivity contribution is 5.92. The molecule has 0 heterocycles. The molecule has 0 bridgehead atoms. The third-order valence-electron chi connectivity index (χ3n) is 3.95. The molecule has 1 N–H and O–H groups in total. The molecule has 2 aromatic rings. The number of carboxylic acids is 1. The van der Waals surface area contributed by atoms with E-state index in [0.717, 1.165) is 22.4 Å². The van der Waals surface area contributed by atoms with Crippen molar-refractivity contribution in [1.82, 2.24) is 0 Å². The summed E-state index contributed by atoms with van der Waals surface area (Å²) in [5, 5.41) is 9.04. The topological polar surface area (TPSA) is 59.0 Å². The lowest BCUT2D eigenvalue weighted by Crippen LogP contribution is -2.10. The third kappa shape index (κ3) is 3.94. The van der Waals surface area contributed by atoms with Gasteiger partial charge in [-0.2, -0.15) is 0 Å². The molecule has 0 saturated heterocycles. The van der Waals surface area contributed by atoms with E-state index >= 15 is 0 Å². The van der Waals surface area contributed by atoms with E-state index in [9.17, 15) is 4.79 Å². The summed E-state index contributed by atoms with van der Waals surface area (Å²) in [6.07, 6.45) is 1.18. The number of benzene rings is 2. The van der Waals surface area contributed by atoms with Crippen LogP contribution >= 0.6 is 0 Å². The van der Waals surface area contributed by atoms with Gasteiger partial charge in [0.05, 0.1) is 14.2 Å². The van der Waals surface area contributed by atoms with E-state index in [-0.39, 0.29) is 0 Å². The number of para-hydroxylation sites is 1. The second kappa shape index (κ2) is 7.75. The zero-order valence-electron chi connectivity index (χ0n) is 15.2. The predicted molar refractivity (Wildman–Crippen MR) is 101 cm³/mol. The molecule has 2 rings (SSSR count). The van der Waals surface area contributed by atoms with E-state index in [1.54, 1.807) is 27.2 Å². The Morgan fingerprint density at radius 3 is 2.32 bits per heavy atom.